The molecule has 4 amide bonds. The Kier molecular flexibility index (Phi) is 5.79. The van der Waals surface area contributed by atoms with Crippen LogP contribution in [0.2, 0.25) is 0 Å². The Morgan fingerprint density at radius 1 is 0.738 bits per heavy atom. The zero-order valence-corrected chi connectivity index (χ0v) is 23.4. The average molecular weight is 589 g/mol. The number of phenols is 2. The molecule has 42 heavy (non-hydrogen) atoms. The van der Waals surface area contributed by atoms with Crippen LogP contribution >= 0.6 is 0 Å². The number of hydrogen-bond donors (Lipinski definition) is 2. The Balaban J connectivity index is 1.24. The summed E-state index contributed by atoms with van der Waals surface area (Å²) in [4.78, 5) is 54.6. The molecule has 3 aliphatic carbocycles. The van der Waals surface area contributed by atoms with Gasteiger partial charge in [0.25, 0.3) is 0 Å². The molecule has 7 rings (SSSR count). The van der Waals surface area contributed by atoms with Gasteiger partial charge in [0.2, 0.25) is 33.5 Å². The molecule has 2 heterocycles. The third-order valence-electron chi connectivity index (χ3n) is 9.65. The minimum Gasteiger partial charge on any atom is -0.506 e. The number of anilines is 2. The number of nitrogens with zero attached hydrogens (tertiary/aromatic N) is 2. The first-order chi connectivity index (χ1) is 20.0. The van der Waals surface area contributed by atoms with Crippen LogP contribution in [0.4, 0.5) is 11.4 Å². The van der Waals surface area contributed by atoms with Crippen LogP contribution in [0.5, 0.6) is 11.5 Å². The van der Waals surface area contributed by atoms with Gasteiger partial charge in [0.05, 0.1) is 44.8 Å². The van der Waals surface area contributed by atoms with Gasteiger partial charge in [-0.25, -0.2) is 18.2 Å². The fourth-order valence-electron chi connectivity index (χ4n) is 7.60. The molecule has 216 valence electrons. The van der Waals surface area contributed by atoms with Crippen molar-refractivity contribution >= 4 is 44.8 Å². The molecule has 0 radical (unpaired) electrons. The van der Waals surface area contributed by atoms with E-state index < -0.39 is 68.6 Å². The zero-order chi connectivity index (χ0) is 29.7. The molecule has 7 atom stereocenters. The lowest BCUT2D eigenvalue weighted by molar-refractivity contribution is -0.124. The normalized spacial score (nSPS) is 31.4. The van der Waals surface area contributed by atoms with Gasteiger partial charge in [0.15, 0.2) is 0 Å². The first-order valence-corrected chi connectivity index (χ1v) is 15.5. The second-order valence-electron chi connectivity index (χ2n) is 11.7. The summed E-state index contributed by atoms with van der Waals surface area (Å²) < 4.78 is 27.6. The van der Waals surface area contributed by atoms with Crippen LogP contribution in [0.1, 0.15) is 26.2 Å². The van der Waals surface area contributed by atoms with Crippen molar-refractivity contribution in [3.05, 3.63) is 60.7 Å². The minimum absolute atomic E-state index is 0.0610. The molecule has 2 bridgehead atoms. The lowest BCUT2D eigenvalue weighted by Crippen LogP contribution is -2.33. The molecular weight excluding hydrogens is 560 g/mol. The van der Waals surface area contributed by atoms with E-state index in [1.165, 1.54) is 0 Å². The highest BCUT2D eigenvalue weighted by Gasteiger charge is 2.60. The minimum atomic E-state index is -4.36. The zero-order valence-electron chi connectivity index (χ0n) is 22.6. The highest BCUT2D eigenvalue weighted by Crippen LogP contribution is 2.54. The number of fused-ring (bicyclic) bond motifs is 6. The summed E-state index contributed by atoms with van der Waals surface area (Å²) in [5, 5.41) is 21.3. The lowest BCUT2D eigenvalue weighted by Gasteiger charge is -2.24. The molecule has 5 aliphatic rings. The SMILES string of the molecule is CCC1C=CCC2C(=O)N(c3cc(S(=O)(=O)c4ccc(O)c(N5C(=O)C6C7C=CC(C7)C6C5=O)c4)ccc3O)C(=O)C12. The van der Waals surface area contributed by atoms with Crippen LogP contribution in [-0.4, -0.2) is 42.3 Å². The number of amides is 4. The molecule has 0 spiro atoms. The Labute approximate surface area is 241 Å². The molecule has 11 heteroatoms. The first kappa shape index (κ1) is 26.6. The van der Waals surface area contributed by atoms with Crippen molar-refractivity contribution in [1.82, 2.24) is 0 Å². The van der Waals surface area contributed by atoms with Crippen LogP contribution in [0.3, 0.4) is 0 Å². The van der Waals surface area contributed by atoms with Crippen LogP contribution in [0.15, 0.2) is 70.5 Å². The van der Waals surface area contributed by atoms with Gasteiger partial charge in [0, 0.05) is 0 Å². The van der Waals surface area contributed by atoms with E-state index in [0.717, 1.165) is 52.6 Å². The maximum Gasteiger partial charge on any atom is 0.238 e. The number of rotatable bonds is 5. The van der Waals surface area contributed by atoms with E-state index in [1.54, 1.807) is 0 Å². The van der Waals surface area contributed by atoms with Gasteiger partial charge in [-0.3, -0.25) is 19.2 Å². The topological polar surface area (TPSA) is 149 Å². The van der Waals surface area contributed by atoms with Crippen LogP contribution < -0.4 is 9.80 Å². The number of allylic oxidation sites excluding steroid dienone is 4. The molecule has 7 unspecified atom stereocenters. The summed E-state index contributed by atoms with van der Waals surface area (Å²) in [6.07, 6.45) is 9.42. The van der Waals surface area contributed by atoms with Crippen molar-refractivity contribution in [3.8, 4) is 11.5 Å². The van der Waals surface area contributed by atoms with E-state index in [0.29, 0.717) is 12.8 Å². The van der Waals surface area contributed by atoms with Crippen molar-refractivity contribution in [2.24, 2.45) is 41.4 Å². The van der Waals surface area contributed by atoms with Crippen molar-refractivity contribution in [2.45, 2.75) is 36.0 Å². The molecule has 2 aromatic carbocycles. The number of hydrogen-bond acceptors (Lipinski definition) is 8. The van der Waals surface area contributed by atoms with Gasteiger partial charge in [0.1, 0.15) is 11.5 Å². The number of benzene rings is 2. The molecule has 3 fully saturated rings. The largest absolute Gasteiger partial charge is 0.506 e. The van der Waals surface area contributed by atoms with Gasteiger partial charge in [-0.15, -0.1) is 0 Å². The number of sulfone groups is 1. The van der Waals surface area contributed by atoms with Gasteiger partial charge >= 0.3 is 0 Å². The van der Waals surface area contributed by atoms with Crippen molar-refractivity contribution in [1.29, 1.82) is 0 Å². The standard InChI is InChI=1S/C31H28N2O8S/c1-2-15-4-3-5-20-25(15)29(37)32(28(20)36)21-13-18(8-10-23(21)34)42(40,41)19-9-11-24(35)22(14-19)33-30(38)26-16-6-7-17(12-16)27(26)31(33)39/h3-4,6-11,13-17,20,25-27,34-35H,2,5,12H2,1H3. The van der Waals surface area contributed by atoms with E-state index in [9.17, 15) is 37.8 Å². The number of phenolic OH excluding ortho intramolecular Hbond substituents is 2. The molecule has 1 saturated carbocycles. The summed E-state index contributed by atoms with van der Waals surface area (Å²) in [6.45, 7) is 1.92. The lowest BCUT2D eigenvalue weighted by atomic mass is 9.76. The van der Waals surface area contributed by atoms with E-state index in [1.807, 2.05) is 31.2 Å². The van der Waals surface area contributed by atoms with Crippen LogP contribution in [0, 0.1) is 41.4 Å². The predicted octanol–water partition coefficient (Wildman–Crippen LogP) is 3.33. The summed E-state index contributed by atoms with van der Waals surface area (Å²) >= 11 is 0. The summed E-state index contributed by atoms with van der Waals surface area (Å²) in [5.74, 6) is -5.28. The molecule has 10 nitrogen and oxygen atoms in total. The van der Waals surface area contributed by atoms with E-state index in [4.69, 9.17) is 0 Å². The second kappa shape index (κ2) is 9.12. The van der Waals surface area contributed by atoms with Gasteiger partial charge in [-0.05, 0) is 73.4 Å². The predicted molar refractivity (Wildman–Crippen MR) is 149 cm³/mol. The average Bonchev–Trinajstić information content (AvgIpc) is 3.72. The fourth-order valence-corrected chi connectivity index (χ4v) is 8.90. The van der Waals surface area contributed by atoms with Crippen molar-refractivity contribution < 1.29 is 37.8 Å². The Morgan fingerprint density at radius 3 is 1.76 bits per heavy atom. The second-order valence-corrected chi connectivity index (χ2v) is 13.6. The molecule has 0 aromatic heterocycles. The van der Waals surface area contributed by atoms with E-state index in [-0.39, 0.29) is 38.9 Å². The summed E-state index contributed by atoms with van der Waals surface area (Å²) in [6, 6.07) is 6.69. The van der Waals surface area contributed by atoms with Crippen molar-refractivity contribution in [3.63, 3.8) is 0 Å². The third-order valence-corrected chi connectivity index (χ3v) is 11.4. The van der Waals surface area contributed by atoms with Crippen LogP contribution in [0.25, 0.3) is 0 Å². The number of carbonyl (C=O) groups excluding carboxylic acids is 4. The van der Waals surface area contributed by atoms with Gasteiger partial charge in [-0.1, -0.05) is 31.2 Å². The fraction of sp³-hybridized carbons (Fsp3) is 0.355. The van der Waals surface area contributed by atoms with E-state index in [2.05, 4.69) is 0 Å². The highest BCUT2D eigenvalue weighted by molar-refractivity contribution is 7.91. The molecule has 2 aromatic rings. The maximum absolute atomic E-state index is 13.8. The molecule has 2 saturated heterocycles. The van der Waals surface area contributed by atoms with E-state index >= 15 is 0 Å². The quantitative estimate of drug-likeness (QED) is 0.399. The van der Waals surface area contributed by atoms with Crippen LogP contribution in [-0.2, 0) is 29.0 Å². The number of imide groups is 2. The number of carbonyl (C=O) groups is 4. The number of aromatic hydroxyl groups is 2. The maximum atomic E-state index is 13.8. The Hall–Kier alpha value is -4.25. The summed E-state index contributed by atoms with van der Waals surface area (Å²) in [7, 11) is -4.36. The molecular formula is C31H28N2O8S. The molecule has 2 aliphatic heterocycles. The Morgan fingerprint density at radius 2 is 1.24 bits per heavy atom. The van der Waals surface area contributed by atoms with Gasteiger partial charge < -0.3 is 10.2 Å². The summed E-state index contributed by atoms with van der Waals surface area (Å²) in [5.41, 5.74) is -0.444. The first-order valence-electron chi connectivity index (χ1n) is 14.1. The molecule has 2 N–H and O–H groups in total. The highest BCUT2D eigenvalue weighted by atomic mass is 32.2. The monoisotopic (exact) mass is 588 g/mol. The smallest absolute Gasteiger partial charge is 0.238 e. The Bertz CT molecular complexity index is 1730. The van der Waals surface area contributed by atoms with Gasteiger partial charge in [-0.2, -0.15) is 0 Å². The third kappa shape index (κ3) is 3.52. The van der Waals surface area contributed by atoms with Crippen molar-refractivity contribution in [2.75, 3.05) is 9.80 Å².